The van der Waals surface area contributed by atoms with Gasteiger partial charge in [0, 0.05) is 24.3 Å². The van der Waals surface area contributed by atoms with Gasteiger partial charge in [-0.15, -0.1) is 11.3 Å². The number of ether oxygens (including phenoxy) is 1. The number of nitrogens with one attached hydrogen (secondary N) is 1. The van der Waals surface area contributed by atoms with Crippen LogP contribution < -0.4 is 10.1 Å². The molecule has 0 aliphatic rings. The van der Waals surface area contributed by atoms with Gasteiger partial charge in [0.1, 0.15) is 10.8 Å². The number of amides is 2. The Balaban J connectivity index is 1.78. The Hall–Kier alpha value is -2.60. The molecule has 136 valence electrons. The third-order valence-electron chi connectivity index (χ3n) is 4.10. The van der Waals surface area contributed by atoms with Crippen LogP contribution >= 0.6 is 11.3 Å². The number of benzene rings is 2. The van der Waals surface area contributed by atoms with Crippen LogP contribution in [0.15, 0.2) is 42.5 Å². The van der Waals surface area contributed by atoms with E-state index in [2.05, 4.69) is 5.32 Å². The lowest BCUT2D eigenvalue weighted by Gasteiger charge is -2.19. The van der Waals surface area contributed by atoms with E-state index in [1.54, 1.807) is 16.2 Å². The van der Waals surface area contributed by atoms with E-state index in [4.69, 9.17) is 9.72 Å². The summed E-state index contributed by atoms with van der Waals surface area (Å²) in [7, 11) is 0. The highest BCUT2D eigenvalue weighted by Crippen LogP contribution is 2.32. The van der Waals surface area contributed by atoms with Gasteiger partial charge in [-0.05, 0) is 63.2 Å². The minimum absolute atomic E-state index is 0.0776. The topological polar surface area (TPSA) is 54.5 Å². The molecule has 1 aromatic heterocycles. The summed E-state index contributed by atoms with van der Waals surface area (Å²) in [4.78, 5) is 18.6. The number of nitrogens with zero attached hydrogens (tertiary/aromatic N) is 2. The molecule has 0 aliphatic carbocycles. The van der Waals surface area contributed by atoms with E-state index in [1.165, 1.54) is 0 Å². The lowest BCUT2D eigenvalue weighted by molar-refractivity contribution is 0.217. The summed E-state index contributed by atoms with van der Waals surface area (Å²) in [6.45, 7) is 7.94. The predicted octanol–water partition coefficient (Wildman–Crippen LogP) is 5.24. The quantitative estimate of drug-likeness (QED) is 0.647. The van der Waals surface area contributed by atoms with Crippen LogP contribution in [-0.2, 0) is 0 Å². The highest BCUT2D eigenvalue weighted by atomic mass is 32.1. The fourth-order valence-electron chi connectivity index (χ4n) is 2.69. The minimum Gasteiger partial charge on any atom is -0.494 e. The number of urea groups is 1. The molecule has 0 atom stereocenters. The van der Waals surface area contributed by atoms with Crippen LogP contribution in [0.2, 0.25) is 0 Å². The van der Waals surface area contributed by atoms with Crippen molar-refractivity contribution in [2.24, 2.45) is 0 Å². The van der Waals surface area contributed by atoms with E-state index in [9.17, 15) is 4.79 Å². The standard InChI is InChI=1S/C20H23N3O2S/c1-4-23(5-2)20(24)21-15-9-7-14(8-10-15)19-22-17-12-11-16(25-6-3)13-18(17)26-19/h7-13H,4-6H2,1-3H3,(H,21,24). The van der Waals surface area contributed by atoms with Gasteiger partial charge in [-0.3, -0.25) is 0 Å². The Kier molecular flexibility index (Phi) is 5.73. The van der Waals surface area contributed by atoms with Gasteiger partial charge in [0.05, 0.1) is 16.8 Å². The van der Waals surface area contributed by atoms with Crippen molar-refractivity contribution in [3.63, 3.8) is 0 Å². The Morgan fingerprint density at radius 3 is 2.50 bits per heavy atom. The van der Waals surface area contributed by atoms with Crippen molar-refractivity contribution in [3.05, 3.63) is 42.5 Å². The third kappa shape index (κ3) is 3.96. The largest absolute Gasteiger partial charge is 0.494 e. The average molecular weight is 369 g/mol. The second-order valence-corrected chi connectivity index (χ2v) is 6.79. The molecule has 0 aliphatic heterocycles. The molecule has 0 saturated heterocycles. The summed E-state index contributed by atoms with van der Waals surface area (Å²) in [5.74, 6) is 0.865. The van der Waals surface area contributed by atoms with E-state index in [0.717, 1.165) is 32.2 Å². The summed E-state index contributed by atoms with van der Waals surface area (Å²) in [6, 6.07) is 13.7. The number of fused-ring (bicyclic) bond motifs is 1. The van der Waals surface area contributed by atoms with Crippen molar-refractivity contribution >= 4 is 33.3 Å². The van der Waals surface area contributed by atoms with Gasteiger partial charge in [-0.1, -0.05) is 0 Å². The number of carbonyl (C=O) groups excluding carboxylic acids is 1. The molecule has 2 aromatic carbocycles. The lowest BCUT2D eigenvalue weighted by Crippen LogP contribution is -2.34. The number of anilines is 1. The molecule has 1 heterocycles. The average Bonchev–Trinajstić information content (AvgIpc) is 3.07. The Morgan fingerprint density at radius 1 is 1.12 bits per heavy atom. The predicted molar refractivity (Wildman–Crippen MR) is 108 cm³/mol. The number of rotatable bonds is 6. The fourth-order valence-corrected chi connectivity index (χ4v) is 3.69. The Bertz CT molecular complexity index is 886. The molecular weight excluding hydrogens is 346 g/mol. The molecule has 3 rings (SSSR count). The number of hydrogen-bond donors (Lipinski definition) is 1. The zero-order valence-corrected chi connectivity index (χ0v) is 16.1. The smallest absolute Gasteiger partial charge is 0.321 e. The first-order chi connectivity index (χ1) is 12.6. The van der Waals surface area contributed by atoms with Crippen LogP contribution in [0, 0.1) is 0 Å². The molecule has 0 bridgehead atoms. The summed E-state index contributed by atoms with van der Waals surface area (Å²) in [5.41, 5.74) is 2.78. The number of thiazole rings is 1. The molecule has 6 heteroatoms. The highest BCUT2D eigenvalue weighted by Gasteiger charge is 2.11. The fraction of sp³-hybridized carbons (Fsp3) is 0.300. The van der Waals surface area contributed by atoms with Gasteiger partial charge < -0.3 is 15.0 Å². The molecule has 0 spiro atoms. The van der Waals surface area contributed by atoms with Gasteiger partial charge in [0.25, 0.3) is 0 Å². The number of carbonyl (C=O) groups is 1. The van der Waals surface area contributed by atoms with Crippen LogP contribution in [0.25, 0.3) is 20.8 Å². The molecule has 5 nitrogen and oxygen atoms in total. The van der Waals surface area contributed by atoms with Crippen LogP contribution in [0.3, 0.4) is 0 Å². The van der Waals surface area contributed by atoms with Crippen LogP contribution in [0.5, 0.6) is 5.75 Å². The maximum Gasteiger partial charge on any atom is 0.321 e. The zero-order valence-electron chi connectivity index (χ0n) is 15.3. The molecule has 0 saturated carbocycles. The van der Waals surface area contributed by atoms with E-state index in [-0.39, 0.29) is 6.03 Å². The Labute approximate surface area is 157 Å². The maximum atomic E-state index is 12.1. The number of aromatic nitrogens is 1. The van der Waals surface area contributed by atoms with Crippen LogP contribution in [0.1, 0.15) is 20.8 Å². The molecule has 3 aromatic rings. The molecule has 26 heavy (non-hydrogen) atoms. The second-order valence-electron chi connectivity index (χ2n) is 5.76. The molecular formula is C20H23N3O2S. The van der Waals surface area contributed by atoms with Gasteiger partial charge in [0.2, 0.25) is 0 Å². The summed E-state index contributed by atoms with van der Waals surface area (Å²) < 4.78 is 6.66. The molecule has 0 fully saturated rings. The van der Waals surface area contributed by atoms with Crippen molar-refractivity contribution in [3.8, 4) is 16.3 Å². The normalized spacial score (nSPS) is 10.7. The lowest BCUT2D eigenvalue weighted by atomic mass is 10.2. The first-order valence-corrected chi connectivity index (χ1v) is 9.66. The molecule has 1 N–H and O–H groups in total. The monoisotopic (exact) mass is 369 g/mol. The van der Waals surface area contributed by atoms with Gasteiger partial charge in [-0.25, -0.2) is 9.78 Å². The SMILES string of the molecule is CCOc1ccc2nc(-c3ccc(NC(=O)N(CC)CC)cc3)sc2c1. The van der Waals surface area contributed by atoms with Crippen molar-refractivity contribution in [2.45, 2.75) is 20.8 Å². The van der Waals surface area contributed by atoms with Crippen molar-refractivity contribution in [2.75, 3.05) is 25.0 Å². The first kappa shape index (κ1) is 18.2. The van der Waals surface area contributed by atoms with Gasteiger partial charge >= 0.3 is 6.03 Å². The third-order valence-corrected chi connectivity index (χ3v) is 5.17. The summed E-state index contributed by atoms with van der Waals surface area (Å²) in [5, 5.41) is 3.88. The second kappa shape index (κ2) is 8.19. The van der Waals surface area contributed by atoms with Crippen molar-refractivity contribution in [1.82, 2.24) is 9.88 Å². The number of hydrogen-bond acceptors (Lipinski definition) is 4. The van der Waals surface area contributed by atoms with Crippen LogP contribution in [0.4, 0.5) is 10.5 Å². The highest BCUT2D eigenvalue weighted by molar-refractivity contribution is 7.21. The Morgan fingerprint density at radius 2 is 1.85 bits per heavy atom. The minimum atomic E-state index is -0.0776. The van der Waals surface area contributed by atoms with Crippen molar-refractivity contribution < 1.29 is 9.53 Å². The summed E-state index contributed by atoms with van der Waals surface area (Å²) in [6.07, 6.45) is 0. The van der Waals surface area contributed by atoms with E-state index in [0.29, 0.717) is 19.7 Å². The van der Waals surface area contributed by atoms with Crippen molar-refractivity contribution in [1.29, 1.82) is 0 Å². The van der Waals surface area contributed by atoms with Gasteiger partial charge in [-0.2, -0.15) is 0 Å². The summed E-state index contributed by atoms with van der Waals surface area (Å²) >= 11 is 1.64. The zero-order chi connectivity index (χ0) is 18.5. The molecule has 0 radical (unpaired) electrons. The first-order valence-electron chi connectivity index (χ1n) is 8.84. The maximum absolute atomic E-state index is 12.1. The van der Waals surface area contributed by atoms with E-state index >= 15 is 0 Å². The van der Waals surface area contributed by atoms with Gasteiger partial charge in [0.15, 0.2) is 0 Å². The van der Waals surface area contributed by atoms with E-state index < -0.39 is 0 Å². The molecule has 0 unspecified atom stereocenters. The molecule has 2 amide bonds. The van der Waals surface area contributed by atoms with Crippen LogP contribution in [-0.4, -0.2) is 35.6 Å². The van der Waals surface area contributed by atoms with E-state index in [1.807, 2.05) is 63.2 Å².